The molecule has 0 bridgehead atoms. The maximum Gasteiger partial charge on any atom is 0.305 e. The lowest BCUT2D eigenvalue weighted by molar-refractivity contribution is -0.140. The molecule has 0 spiro atoms. The van der Waals surface area contributed by atoms with Gasteiger partial charge in [-0.05, 0) is 24.8 Å². The number of benzene rings is 1. The third-order valence-electron chi connectivity index (χ3n) is 4.99. The largest absolute Gasteiger partial charge is 0.469 e. The fourth-order valence-corrected chi connectivity index (χ4v) is 3.35. The predicted molar refractivity (Wildman–Crippen MR) is 113 cm³/mol. The molecule has 1 aliphatic heterocycles. The van der Waals surface area contributed by atoms with E-state index in [4.69, 9.17) is 0 Å². The van der Waals surface area contributed by atoms with Crippen LogP contribution in [0.5, 0.6) is 0 Å². The number of ether oxygens (including phenoxy) is 1. The van der Waals surface area contributed by atoms with E-state index in [1.54, 1.807) is 6.08 Å². The number of hydrogen-bond donors (Lipinski definition) is 1. The summed E-state index contributed by atoms with van der Waals surface area (Å²) in [6, 6.07) is 9.82. The molecule has 0 saturated carbocycles. The van der Waals surface area contributed by atoms with E-state index in [0.29, 0.717) is 38.6 Å². The van der Waals surface area contributed by atoms with E-state index in [-0.39, 0.29) is 17.9 Å². The Labute approximate surface area is 173 Å². The van der Waals surface area contributed by atoms with Crippen LogP contribution in [-0.2, 0) is 20.7 Å². The van der Waals surface area contributed by atoms with Gasteiger partial charge in [-0.2, -0.15) is 0 Å². The van der Waals surface area contributed by atoms with Crippen LogP contribution >= 0.6 is 0 Å². The van der Waals surface area contributed by atoms with Crippen molar-refractivity contribution in [2.75, 3.05) is 13.7 Å². The molecule has 0 radical (unpaired) electrons. The molecule has 2 unspecified atom stereocenters. The minimum Gasteiger partial charge on any atom is -0.469 e. The zero-order chi connectivity index (χ0) is 20.9. The normalized spacial score (nSPS) is 18.1. The number of unbranched alkanes of at least 4 members (excludes halogenated alkanes) is 1. The lowest BCUT2D eigenvalue weighted by atomic mass is 10.0. The number of aliphatic hydroxyl groups excluding tert-OH is 1. The molecule has 2 rings (SSSR count). The number of methoxy groups -OCH3 is 1. The van der Waals surface area contributed by atoms with E-state index in [0.717, 1.165) is 24.8 Å². The van der Waals surface area contributed by atoms with Gasteiger partial charge in [0.05, 0.1) is 25.8 Å². The molecule has 5 nitrogen and oxygen atoms in total. The van der Waals surface area contributed by atoms with Gasteiger partial charge in [0, 0.05) is 25.7 Å². The fraction of sp³-hybridized carbons (Fsp3) is 0.500. The number of likely N-dealkylation sites (tertiary alicyclic amines) is 1. The van der Waals surface area contributed by atoms with E-state index in [2.05, 4.69) is 16.6 Å². The van der Waals surface area contributed by atoms with Crippen LogP contribution < -0.4 is 0 Å². The highest BCUT2D eigenvalue weighted by Crippen LogP contribution is 2.19. The van der Waals surface area contributed by atoms with Crippen molar-refractivity contribution in [3.05, 3.63) is 48.0 Å². The minimum absolute atomic E-state index is 0.0419. The summed E-state index contributed by atoms with van der Waals surface area (Å²) < 4.78 is 4.61. The minimum atomic E-state index is -0.581. The van der Waals surface area contributed by atoms with Crippen LogP contribution in [0.4, 0.5) is 0 Å². The molecule has 156 valence electrons. The second-order valence-electron chi connectivity index (χ2n) is 7.26. The van der Waals surface area contributed by atoms with Gasteiger partial charge in [-0.3, -0.25) is 9.59 Å². The summed E-state index contributed by atoms with van der Waals surface area (Å²) in [4.78, 5) is 25.4. The summed E-state index contributed by atoms with van der Waals surface area (Å²) in [7, 11) is 1.38. The van der Waals surface area contributed by atoms with E-state index >= 15 is 0 Å². The fourth-order valence-electron chi connectivity index (χ4n) is 3.35. The summed E-state index contributed by atoms with van der Waals surface area (Å²) in [6.07, 6.45) is 8.64. The zero-order valence-electron chi connectivity index (χ0n) is 17.2. The Morgan fingerprint density at radius 1 is 1.31 bits per heavy atom. The highest BCUT2D eigenvalue weighted by molar-refractivity contribution is 5.77. The Morgan fingerprint density at radius 2 is 2.10 bits per heavy atom. The van der Waals surface area contributed by atoms with Gasteiger partial charge >= 0.3 is 5.97 Å². The maximum atomic E-state index is 12.5. The van der Waals surface area contributed by atoms with Gasteiger partial charge in [-0.15, -0.1) is 5.92 Å². The van der Waals surface area contributed by atoms with E-state index in [9.17, 15) is 14.7 Å². The van der Waals surface area contributed by atoms with Crippen LogP contribution in [0.2, 0.25) is 0 Å². The number of hydrogen-bond acceptors (Lipinski definition) is 4. The molecule has 2 atom stereocenters. The second kappa shape index (κ2) is 12.8. The topological polar surface area (TPSA) is 66.8 Å². The quantitative estimate of drug-likeness (QED) is 0.316. The number of aliphatic hydroxyl groups is 1. The van der Waals surface area contributed by atoms with Gasteiger partial charge in [-0.1, -0.05) is 54.8 Å². The first-order valence-corrected chi connectivity index (χ1v) is 10.3. The molecule has 1 fully saturated rings. The summed E-state index contributed by atoms with van der Waals surface area (Å²) in [6.45, 7) is 0.376. The molecule has 1 N–H and O–H groups in total. The lowest BCUT2D eigenvalue weighted by Gasteiger charge is -2.26. The predicted octanol–water partition coefficient (Wildman–Crippen LogP) is 3.26. The Bertz CT molecular complexity index is 732. The third kappa shape index (κ3) is 8.53. The maximum absolute atomic E-state index is 12.5. The van der Waals surface area contributed by atoms with Gasteiger partial charge in [0.15, 0.2) is 0 Å². The number of carbonyl (C=O) groups is 2. The van der Waals surface area contributed by atoms with Crippen molar-refractivity contribution in [2.45, 2.75) is 63.5 Å². The molecule has 0 aromatic heterocycles. The van der Waals surface area contributed by atoms with E-state index in [1.165, 1.54) is 7.11 Å². The van der Waals surface area contributed by atoms with Crippen molar-refractivity contribution in [2.24, 2.45) is 0 Å². The number of rotatable bonds is 8. The molecule has 29 heavy (non-hydrogen) atoms. The van der Waals surface area contributed by atoms with Crippen LogP contribution in [0.3, 0.4) is 0 Å². The molecule has 0 aliphatic carbocycles. The van der Waals surface area contributed by atoms with Gasteiger partial charge in [0.2, 0.25) is 5.91 Å². The summed E-state index contributed by atoms with van der Waals surface area (Å²) in [5.41, 5.74) is 1.08. The van der Waals surface area contributed by atoms with Crippen LogP contribution in [-0.4, -0.2) is 47.7 Å². The average Bonchev–Trinajstić information content (AvgIpc) is 2.90. The first-order chi connectivity index (χ1) is 14.1. The molecule has 1 saturated heterocycles. The SMILES string of the molecule is COC(=O)CCCC#CCN1C(=O)CCCCC1/C=C/C(O)Cc1ccccc1. The molecule has 1 heterocycles. The lowest BCUT2D eigenvalue weighted by Crippen LogP contribution is -2.38. The monoisotopic (exact) mass is 397 g/mol. The second-order valence-corrected chi connectivity index (χ2v) is 7.26. The average molecular weight is 398 g/mol. The highest BCUT2D eigenvalue weighted by Gasteiger charge is 2.23. The number of carbonyl (C=O) groups excluding carboxylic acids is 2. The Kier molecular flexibility index (Phi) is 10.0. The van der Waals surface area contributed by atoms with Gasteiger partial charge in [0.25, 0.3) is 0 Å². The number of esters is 1. The standard InChI is InChI=1S/C24H31NO4/c1-29-24(28)15-7-2-3-10-18-25-21(13-8-9-14-23(25)27)16-17-22(26)19-20-11-5-4-6-12-20/h4-6,11-12,16-17,21-22,26H,2,7-9,13-15,18-19H2,1H3/b17-16+. The van der Waals surface area contributed by atoms with Gasteiger partial charge in [0.1, 0.15) is 0 Å². The molecule has 1 aliphatic rings. The Hall–Kier alpha value is -2.58. The first-order valence-electron chi connectivity index (χ1n) is 10.3. The molecule has 1 amide bonds. The highest BCUT2D eigenvalue weighted by atomic mass is 16.5. The smallest absolute Gasteiger partial charge is 0.305 e. The molecule has 5 heteroatoms. The van der Waals surface area contributed by atoms with Crippen molar-refractivity contribution in [3.63, 3.8) is 0 Å². The Balaban J connectivity index is 1.91. The summed E-state index contributed by atoms with van der Waals surface area (Å²) in [5.74, 6) is 6.00. The van der Waals surface area contributed by atoms with Crippen LogP contribution in [0.1, 0.15) is 50.5 Å². The van der Waals surface area contributed by atoms with E-state index in [1.807, 2.05) is 41.3 Å². The van der Waals surface area contributed by atoms with Crippen molar-refractivity contribution >= 4 is 11.9 Å². The molecular weight excluding hydrogens is 366 g/mol. The first kappa shape index (κ1) is 22.7. The number of nitrogens with zero attached hydrogens (tertiary/aromatic N) is 1. The summed E-state index contributed by atoms with van der Waals surface area (Å²) >= 11 is 0. The van der Waals surface area contributed by atoms with Crippen molar-refractivity contribution in [1.82, 2.24) is 4.90 Å². The van der Waals surface area contributed by atoms with E-state index < -0.39 is 6.10 Å². The van der Waals surface area contributed by atoms with Crippen LogP contribution in [0.15, 0.2) is 42.5 Å². The van der Waals surface area contributed by atoms with Crippen LogP contribution in [0.25, 0.3) is 0 Å². The zero-order valence-corrected chi connectivity index (χ0v) is 17.2. The number of amides is 1. The van der Waals surface area contributed by atoms with Gasteiger partial charge in [-0.25, -0.2) is 0 Å². The molecule has 1 aromatic rings. The van der Waals surface area contributed by atoms with Crippen LogP contribution in [0, 0.1) is 11.8 Å². The van der Waals surface area contributed by atoms with Gasteiger partial charge < -0.3 is 14.7 Å². The third-order valence-corrected chi connectivity index (χ3v) is 4.99. The van der Waals surface area contributed by atoms with Crippen molar-refractivity contribution < 1.29 is 19.4 Å². The van der Waals surface area contributed by atoms with Crippen molar-refractivity contribution in [1.29, 1.82) is 0 Å². The Morgan fingerprint density at radius 3 is 2.86 bits per heavy atom. The molecular formula is C24H31NO4. The molecule has 1 aromatic carbocycles. The summed E-state index contributed by atoms with van der Waals surface area (Å²) in [5, 5.41) is 10.3. The van der Waals surface area contributed by atoms with Crippen molar-refractivity contribution in [3.8, 4) is 11.8 Å².